The van der Waals surface area contributed by atoms with Crippen LogP contribution in [-0.4, -0.2) is 54.6 Å². The minimum absolute atomic E-state index is 0.0911. The number of nitrogens with zero attached hydrogens (tertiary/aromatic N) is 4. The highest BCUT2D eigenvalue weighted by Crippen LogP contribution is 2.43. The lowest BCUT2D eigenvalue weighted by Gasteiger charge is -2.30. The monoisotopic (exact) mass is 581 g/mol. The lowest BCUT2D eigenvalue weighted by atomic mass is 10.1. The average molecular weight is 582 g/mol. The van der Waals surface area contributed by atoms with Crippen molar-refractivity contribution in [2.24, 2.45) is 0 Å². The van der Waals surface area contributed by atoms with Gasteiger partial charge >= 0.3 is 6.18 Å². The highest BCUT2D eigenvalue weighted by molar-refractivity contribution is 6.07. The van der Waals surface area contributed by atoms with E-state index in [1.165, 1.54) is 42.7 Å². The predicted octanol–water partition coefficient (Wildman–Crippen LogP) is 5.95. The number of alkyl halides is 3. The van der Waals surface area contributed by atoms with E-state index in [0.717, 1.165) is 6.07 Å². The molecule has 1 aliphatic rings. The molecule has 0 unspecified atom stereocenters. The number of rotatable bonds is 8. The van der Waals surface area contributed by atoms with Gasteiger partial charge in [-0.25, -0.2) is 14.4 Å². The Morgan fingerprint density at radius 3 is 2.74 bits per heavy atom. The second-order valence-corrected chi connectivity index (χ2v) is 9.79. The predicted molar refractivity (Wildman–Crippen MR) is 151 cm³/mol. The molecule has 0 bridgehead atoms. The van der Waals surface area contributed by atoms with Gasteiger partial charge in [0, 0.05) is 18.3 Å². The highest BCUT2D eigenvalue weighted by atomic mass is 19.4. The number of likely N-dealkylation sites (N-methyl/N-ethyl adjacent to an activating group) is 1. The van der Waals surface area contributed by atoms with E-state index in [9.17, 15) is 22.4 Å². The van der Waals surface area contributed by atoms with Crippen LogP contribution in [-0.2, 0) is 17.6 Å². The number of amides is 1. The van der Waals surface area contributed by atoms with Crippen molar-refractivity contribution < 1.29 is 31.8 Å². The van der Waals surface area contributed by atoms with Crippen LogP contribution in [0.3, 0.4) is 0 Å². The molecule has 1 aromatic heterocycles. The lowest BCUT2D eigenvalue weighted by Crippen LogP contribution is -2.37. The highest BCUT2D eigenvalue weighted by Gasteiger charge is 2.35. The zero-order chi connectivity index (χ0) is 29.9. The summed E-state index contributed by atoms with van der Waals surface area (Å²) < 4.78 is 66.9. The number of nitrogens with one attached hydrogen (secondary N) is 1. The van der Waals surface area contributed by atoms with Crippen LogP contribution in [0.4, 0.5) is 34.8 Å². The van der Waals surface area contributed by atoms with Gasteiger partial charge in [-0.3, -0.25) is 4.79 Å². The number of hydrogen-bond donors (Lipinski definition) is 1. The summed E-state index contributed by atoms with van der Waals surface area (Å²) in [5.74, 6) is -0.584. The molecule has 8 nitrogen and oxygen atoms in total. The largest absolute Gasteiger partial charge is 0.489 e. The van der Waals surface area contributed by atoms with Crippen LogP contribution in [0.1, 0.15) is 11.1 Å². The third-order valence-corrected chi connectivity index (χ3v) is 6.42. The third-order valence-electron chi connectivity index (χ3n) is 6.42. The molecule has 1 aliphatic heterocycles. The molecule has 12 heteroatoms. The zero-order valence-corrected chi connectivity index (χ0v) is 22.8. The fourth-order valence-electron chi connectivity index (χ4n) is 4.49. The summed E-state index contributed by atoms with van der Waals surface area (Å²) in [6.45, 7) is 0.889. The first-order valence-electron chi connectivity index (χ1n) is 13.0. The topological polar surface area (TPSA) is 79.8 Å². The molecule has 42 heavy (non-hydrogen) atoms. The summed E-state index contributed by atoms with van der Waals surface area (Å²) in [6, 6.07) is 12.4. The van der Waals surface area contributed by atoms with Crippen molar-refractivity contribution in [2.45, 2.75) is 12.8 Å². The smallest absolute Gasteiger partial charge is 0.420 e. The van der Waals surface area contributed by atoms with E-state index < -0.39 is 23.3 Å². The molecule has 0 saturated carbocycles. The molecular weight excluding hydrogens is 554 g/mol. The Labute approximate surface area is 239 Å². The number of hydrogen-bond acceptors (Lipinski definition) is 7. The Balaban J connectivity index is 1.46. The van der Waals surface area contributed by atoms with E-state index in [2.05, 4.69) is 15.3 Å². The molecule has 2 heterocycles. The van der Waals surface area contributed by atoms with E-state index in [4.69, 9.17) is 9.47 Å². The number of carbonyl (C=O) groups is 1. The molecule has 0 aliphatic carbocycles. The number of benzene rings is 3. The second-order valence-electron chi connectivity index (χ2n) is 9.79. The fourth-order valence-corrected chi connectivity index (χ4v) is 4.49. The number of fused-ring (bicyclic) bond motifs is 3. The number of aromatic nitrogens is 2. The Bertz CT molecular complexity index is 1640. The van der Waals surface area contributed by atoms with Gasteiger partial charge in [0.1, 0.15) is 36.9 Å². The van der Waals surface area contributed by atoms with Crippen molar-refractivity contribution in [3.63, 3.8) is 0 Å². The SMILES string of the molecule is CN(C)C/C=C/C(=O)N1CCOc2c1ccc1ncnc(Nc3ccc(OCc4cccc(F)c4)c(C(F)(F)F)c3)c21. The Kier molecular flexibility index (Phi) is 8.25. The van der Waals surface area contributed by atoms with Gasteiger partial charge in [-0.1, -0.05) is 18.2 Å². The lowest BCUT2D eigenvalue weighted by molar-refractivity contribution is -0.139. The van der Waals surface area contributed by atoms with Gasteiger partial charge < -0.3 is 24.6 Å². The van der Waals surface area contributed by atoms with Crippen molar-refractivity contribution in [3.05, 3.63) is 90.0 Å². The Hall–Kier alpha value is -4.71. The van der Waals surface area contributed by atoms with Gasteiger partial charge in [0.15, 0.2) is 5.75 Å². The van der Waals surface area contributed by atoms with E-state index in [-0.39, 0.29) is 30.6 Å². The number of anilines is 3. The summed E-state index contributed by atoms with van der Waals surface area (Å²) >= 11 is 0. The number of carbonyl (C=O) groups excluding carboxylic acids is 1. The molecule has 0 spiro atoms. The minimum Gasteiger partial charge on any atom is -0.489 e. The molecule has 0 radical (unpaired) electrons. The molecule has 1 N–H and O–H groups in total. The maximum absolute atomic E-state index is 14.0. The van der Waals surface area contributed by atoms with E-state index in [1.807, 2.05) is 19.0 Å². The van der Waals surface area contributed by atoms with Gasteiger partial charge in [-0.05, 0) is 62.1 Å². The average Bonchev–Trinajstić information content (AvgIpc) is 2.95. The van der Waals surface area contributed by atoms with Crippen LogP contribution in [0.5, 0.6) is 11.5 Å². The molecule has 5 rings (SSSR count). The molecule has 3 aromatic carbocycles. The third kappa shape index (κ3) is 6.44. The van der Waals surface area contributed by atoms with Crippen molar-refractivity contribution >= 4 is 34.0 Å². The van der Waals surface area contributed by atoms with Gasteiger partial charge in [0.05, 0.1) is 28.7 Å². The van der Waals surface area contributed by atoms with Gasteiger partial charge in [-0.15, -0.1) is 0 Å². The summed E-state index contributed by atoms with van der Waals surface area (Å²) in [7, 11) is 3.79. The maximum atomic E-state index is 14.0. The molecule has 0 fully saturated rings. The second kappa shape index (κ2) is 12.0. The normalized spacial score (nSPS) is 13.4. The van der Waals surface area contributed by atoms with Crippen LogP contribution < -0.4 is 19.7 Å². The van der Waals surface area contributed by atoms with Crippen molar-refractivity contribution in [2.75, 3.05) is 44.0 Å². The summed E-state index contributed by atoms with van der Waals surface area (Å²) in [5.41, 5.74) is 0.455. The van der Waals surface area contributed by atoms with E-state index >= 15 is 0 Å². The Morgan fingerprint density at radius 2 is 1.98 bits per heavy atom. The summed E-state index contributed by atoms with van der Waals surface area (Å²) in [4.78, 5) is 25.0. The van der Waals surface area contributed by atoms with Gasteiger partial charge in [0.25, 0.3) is 5.91 Å². The fraction of sp³-hybridized carbons (Fsp3) is 0.233. The molecule has 0 saturated heterocycles. The molecule has 0 atom stereocenters. The van der Waals surface area contributed by atoms with Crippen LogP contribution in [0.15, 0.2) is 73.1 Å². The Morgan fingerprint density at radius 1 is 1.14 bits per heavy atom. The molecular formula is C30H27F4N5O3. The van der Waals surface area contributed by atoms with Crippen molar-refractivity contribution in [1.29, 1.82) is 0 Å². The summed E-state index contributed by atoms with van der Waals surface area (Å²) in [6.07, 6.45) is -0.186. The van der Waals surface area contributed by atoms with Crippen LogP contribution in [0.25, 0.3) is 10.9 Å². The molecule has 218 valence electrons. The molecule has 1 amide bonds. The first-order valence-corrected chi connectivity index (χ1v) is 13.0. The van der Waals surface area contributed by atoms with Crippen molar-refractivity contribution in [3.8, 4) is 11.5 Å². The standard InChI is InChI=1S/C30H27F4N5O3/c1-38(2)12-4-7-26(40)39-13-14-41-28-24(39)10-9-23-27(28)29(36-18-35-23)37-21-8-11-25(22(16-21)30(32,33)34)42-17-19-5-3-6-20(31)15-19/h3-11,15-16,18H,12-14,17H2,1-2H3,(H,35,36,37)/b7-4+. The number of halogens is 4. The first kappa shape index (κ1) is 28.8. The number of ether oxygens (including phenoxy) is 2. The maximum Gasteiger partial charge on any atom is 0.420 e. The van der Waals surface area contributed by atoms with Crippen LogP contribution >= 0.6 is 0 Å². The van der Waals surface area contributed by atoms with Gasteiger partial charge in [0.2, 0.25) is 0 Å². The van der Waals surface area contributed by atoms with Crippen molar-refractivity contribution in [1.82, 2.24) is 14.9 Å². The van der Waals surface area contributed by atoms with Crippen LogP contribution in [0, 0.1) is 5.82 Å². The summed E-state index contributed by atoms with van der Waals surface area (Å²) in [5, 5.41) is 3.37. The zero-order valence-electron chi connectivity index (χ0n) is 22.8. The van der Waals surface area contributed by atoms with Gasteiger partial charge in [-0.2, -0.15) is 13.2 Å². The first-order chi connectivity index (χ1) is 20.1. The van der Waals surface area contributed by atoms with Crippen LogP contribution in [0.2, 0.25) is 0 Å². The molecule has 4 aromatic rings. The quantitative estimate of drug-likeness (QED) is 0.203. The van der Waals surface area contributed by atoms with E-state index in [1.54, 1.807) is 29.2 Å². The van der Waals surface area contributed by atoms with E-state index in [0.29, 0.717) is 41.0 Å². The minimum atomic E-state index is -4.73.